The van der Waals surface area contributed by atoms with Crippen molar-refractivity contribution in [3.63, 3.8) is 0 Å². The summed E-state index contributed by atoms with van der Waals surface area (Å²) in [5, 5.41) is 0.0865. The number of alkyl halides is 1. The monoisotopic (exact) mass is 318 g/mol. The molecule has 3 nitrogen and oxygen atoms in total. The summed E-state index contributed by atoms with van der Waals surface area (Å²) in [4.78, 5) is 4.40. The lowest BCUT2D eigenvalue weighted by Gasteiger charge is -2.08. The van der Waals surface area contributed by atoms with Gasteiger partial charge in [-0.05, 0) is 25.3 Å². The maximum atomic E-state index is 13.6. The molecule has 0 bridgehead atoms. The normalized spacial score (nSPS) is 11.4. The number of aryl methyl sites for hydroxylation is 1. The number of unbranched alkanes of at least 4 members (excludes halogenated alkanes) is 2. The molecule has 1 aromatic heterocycles. The van der Waals surface area contributed by atoms with Crippen LogP contribution in [0.25, 0.3) is 11.0 Å². The lowest BCUT2D eigenvalue weighted by atomic mass is 10.2. The van der Waals surface area contributed by atoms with E-state index in [2.05, 4.69) is 4.98 Å². The fraction of sp³-hybridized carbons (Fsp3) is 0.500. The summed E-state index contributed by atoms with van der Waals surface area (Å²) in [7, 11) is 1.70. The molecule has 0 spiro atoms. The number of rotatable bonds is 7. The average molecular weight is 319 g/mol. The van der Waals surface area contributed by atoms with Crippen molar-refractivity contribution >= 4 is 34.2 Å². The van der Waals surface area contributed by atoms with Crippen LogP contribution in [-0.4, -0.2) is 23.3 Å². The number of halogens is 3. The van der Waals surface area contributed by atoms with Crippen LogP contribution >= 0.6 is 23.2 Å². The quantitative estimate of drug-likeness (QED) is 0.559. The number of aromatic nitrogens is 2. The van der Waals surface area contributed by atoms with Gasteiger partial charge in [0.25, 0.3) is 0 Å². The Morgan fingerprint density at radius 1 is 1.30 bits per heavy atom. The highest BCUT2D eigenvalue weighted by Gasteiger charge is 2.12. The SMILES string of the molecule is COCCCCCn1c(CCl)nc2cc(Cl)c(F)cc21. The minimum Gasteiger partial charge on any atom is -0.385 e. The number of nitrogens with zero attached hydrogens (tertiary/aromatic N) is 2. The molecule has 0 N–H and O–H groups in total. The van der Waals surface area contributed by atoms with Gasteiger partial charge >= 0.3 is 0 Å². The van der Waals surface area contributed by atoms with Gasteiger partial charge in [0.05, 0.1) is 21.9 Å². The van der Waals surface area contributed by atoms with E-state index in [1.165, 1.54) is 6.07 Å². The van der Waals surface area contributed by atoms with Crippen LogP contribution in [0.4, 0.5) is 4.39 Å². The first-order chi connectivity index (χ1) is 9.67. The van der Waals surface area contributed by atoms with E-state index < -0.39 is 5.82 Å². The molecule has 1 aromatic carbocycles. The standard InChI is InChI=1S/C14H17Cl2FN2O/c1-20-6-4-2-3-5-19-13-8-11(17)10(16)7-12(13)18-14(19)9-15/h7-8H,2-6,9H2,1H3. The van der Waals surface area contributed by atoms with Gasteiger partial charge < -0.3 is 9.30 Å². The smallest absolute Gasteiger partial charge is 0.144 e. The first-order valence-electron chi connectivity index (χ1n) is 6.56. The van der Waals surface area contributed by atoms with Crippen LogP contribution in [0.1, 0.15) is 25.1 Å². The van der Waals surface area contributed by atoms with Gasteiger partial charge in [0.1, 0.15) is 11.6 Å². The van der Waals surface area contributed by atoms with Gasteiger partial charge in [0.15, 0.2) is 0 Å². The molecule has 6 heteroatoms. The summed E-state index contributed by atoms with van der Waals surface area (Å²) < 4.78 is 20.6. The minimum absolute atomic E-state index is 0.0865. The number of methoxy groups -OCH3 is 1. The Labute approximate surface area is 127 Å². The Morgan fingerprint density at radius 2 is 2.10 bits per heavy atom. The zero-order valence-corrected chi connectivity index (χ0v) is 12.8. The van der Waals surface area contributed by atoms with Crippen molar-refractivity contribution in [2.24, 2.45) is 0 Å². The van der Waals surface area contributed by atoms with Crippen LogP contribution in [0.3, 0.4) is 0 Å². The number of ether oxygens (including phenoxy) is 1. The lowest BCUT2D eigenvalue weighted by molar-refractivity contribution is 0.191. The van der Waals surface area contributed by atoms with Crippen LogP contribution in [0.5, 0.6) is 0 Å². The summed E-state index contributed by atoms with van der Waals surface area (Å²) >= 11 is 11.7. The molecule has 2 rings (SSSR count). The van der Waals surface area contributed by atoms with Crippen LogP contribution < -0.4 is 0 Å². The fourth-order valence-corrected chi connectivity index (χ4v) is 2.58. The molecular formula is C14H17Cl2FN2O. The number of hydrogen-bond donors (Lipinski definition) is 0. The van der Waals surface area contributed by atoms with Crippen molar-refractivity contribution in [3.8, 4) is 0 Å². The third-order valence-corrected chi connectivity index (χ3v) is 3.75. The molecule has 0 unspecified atom stereocenters. The highest BCUT2D eigenvalue weighted by atomic mass is 35.5. The molecule has 110 valence electrons. The van der Waals surface area contributed by atoms with Crippen LogP contribution in [-0.2, 0) is 17.2 Å². The van der Waals surface area contributed by atoms with Gasteiger partial charge in [0.2, 0.25) is 0 Å². The maximum Gasteiger partial charge on any atom is 0.144 e. The predicted molar refractivity (Wildman–Crippen MR) is 80.0 cm³/mol. The Hall–Kier alpha value is -0.840. The summed E-state index contributed by atoms with van der Waals surface area (Å²) in [6.45, 7) is 1.53. The van der Waals surface area contributed by atoms with E-state index in [0.717, 1.165) is 43.8 Å². The van der Waals surface area contributed by atoms with E-state index in [1.807, 2.05) is 4.57 Å². The second-order valence-electron chi connectivity index (χ2n) is 4.62. The van der Waals surface area contributed by atoms with E-state index in [4.69, 9.17) is 27.9 Å². The average Bonchev–Trinajstić information content (AvgIpc) is 2.76. The van der Waals surface area contributed by atoms with Gasteiger partial charge in [-0.15, -0.1) is 11.6 Å². The zero-order chi connectivity index (χ0) is 14.5. The van der Waals surface area contributed by atoms with E-state index in [1.54, 1.807) is 13.2 Å². The van der Waals surface area contributed by atoms with Crippen molar-refractivity contribution in [1.29, 1.82) is 0 Å². The molecule has 0 radical (unpaired) electrons. The van der Waals surface area contributed by atoms with E-state index >= 15 is 0 Å². The van der Waals surface area contributed by atoms with Crippen LogP contribution in [0, 0.1) is 5.82 Å². The van der Waals surface area contributed by atoms with Gasteiger partial charge in [0, 0.05) is 26.3 Å². The van der Waals surface area contributed by atoms with Crippen LogP contribution in [0.2, 0.25) is 5.02 Å². The highest BCUT2D eigenvalue weighted by Crippen LogP contribution is 2.25. The first kappa shape index (κ1) is 15.5. The molecule has 2 aromatic rings. The van der Waals surface area contributed by atoms with Crippen molar-refractivity contribution in [1.82, 2.24) is 9.55 Å². The molecule has 0 aliphatic rings. The van der Waals surface area contributed by atoms with Crippen molar-refractivity contribution in [2.75, 3.05) is 13.7 Å². The molecule has 20 heavy (non-hydrogen) atoms. The first-order valence-corrected chi connectivity index (χ1v) is 7.47. The molecule has 0 saturated carbocycles. The molecule has 1 heterocycles. The molecule has 0 atom stereocenters. The summed E-state index contributed by atoms with van der Waals surface area (Å²) in [6.07, 6.45) is 3.04. The van der Waals surface area contributed by atoms with Crippen molar-refractivity contribution < 1.29 is 9.13 Å². The topological polar surface area (TPSA) is 27.1 Å². The molecule has 0 aliphatic heterocycles. The fourth-order valence-electron chi connectivity index (χ4n) is 2.21. The molecule has 0 aliphatic carbocycles. The van der Waals surface area contributed by atoms with Crippen LogP contribution in [0.15, 0.2) is 12.1 Å². The largest absolute Gasteiger partial charge is 0.385 e. The zero-order valence-electron chi connectivity index (χ0n) is 11.3. The molecule has 0 saturated heterocycles. The Bertz CT molecular complexity index is 586. The number of benzene rings is 1. The van der Waals surface area contributed by atoms with Gasteiger partial charge in [-0.1, -0.05) is 11.6 Å². The Kier molecular flexibility index (Phi) is 5.64. The third kappa shape index (κ3) is 3.43. The molecule has 0 amide bonds. The van der Waals surface area contributed by atoms with Gasteiger partial charge in [-0.25, -0.2) is 9.37 Å². The predicted octanol–water partition coefficient (Wildman–Crippen LogP) is 4.38. The molecule has 0 fully saturated rings. The number of hydrogen-bond acceptors (Lipinski definition) is 2. The second-order valence-corrected chi connectivity index (χ2v) is 5.30. The van der Waals surface area contributed by atoms with Gasteiger partial charge in [-0.3, -0.25) is 0 Å². The van der Waals surface area contributed by atoms with E-state index in [0.29, 0.717) is 11.4 Å². The summed E-state index contributed by atoms with van der Waals surface area (Å²) in [6, 6.07) is 2.97. The van der Waals surface area contributed by atoms with E-state index in [9.17, 15) is 4.39 Å². The maximum absolute atomic E-state index is 13.6. The van der Waals surface area contributed by atoms with Crippen molar-refractivity contribution in [2.45, 2.75) is 31.7 Å². The van der Waals surface area contributed by atoms with E-state index in [-0.39, 0.29) is 5.02 Å². The van der Waals surface area contributed by atoms with Gasteiger partial charge in [-0.2, -0.15) is 0 Å². The summed E-state index contributed by atoms with van der Waals surface area (Å²) in [5.41, 5.74) is 1.43. The highest BCUT2D eigenvalue weighted by molar-refractivity contribution is 6.31. The summed E-state index contributed by atoms with van der Waals surface area (Å²) in [5.74, 6) is 0.613. The third-order valence-electron chi connectivity index (χ3n) is 3.22. The minimum atomic E-state index is -0.430. The Morgan fingerprint density at radius 3 is 2.80 bits per heavy atom. The molecular weight excluding hydrogens is 302 g/mol. The Balaban J connectivity index is 2.19. The second kappa shape index (κ2) is 7.25. The number of imidazole rings is 1. The lowest BCUT2D eigenvalue weighted by Crippen LogP contribution is -2.03. The number of fused-ring (bicyclic) bond motifs is 1. The van der Waals surface area contributed by atoms with Crippen molar-refractivity contribution in [3.05, 3.63) is 28.8 Å².